The number of carbonyl (C=O) groups is 2. The van der Waals surface area contributed by atoms with Crippen molar-refractivity contribution in [3.8, 4) is 17.6 Å². The molecule has 10 heteroatoms. The number of aromatic nitrogens is 2. The van der Waals surface area contributed by atoms with Gasteiger partial charge < -0.3 is 30.6 Å². The van der Waals surface area contributed by atoms with E-state index in [4.69, 9.17) is 15.2 Å². The summed E-state index contributed by atoms with van der Waals surface area (Å²) in [6.07, 6.45) is -0.280. The summed E-state index contributed by atoms with van der Waals surface area (Å²) in [6.45, 7) is -0.556. The van der Waals surface area contributed by atoms with Crippen molar-refractivity contribution in [3.05, 3.63) is 96.0 Å². The van der Waals surface area contributed by atoms with E-state index in [0.29, 0.717) is 28.1 Å². The molecule has 0 radical (unpaired) electrons. The first-order valence-corrected chi connectivity index (χ1v) is 11.2. The van der Waals surface area contributed by atoms with Gasteiger partial charge in [0.2, 0.25) is 0 Å². The predicted molar refractivity (Wildman–Crippen MR) is 135 cm³/mol. The number of esters is 1. The number of aliphatic hydroxyl groups excluding tert-OH is 1. The Balaban J connectivity index is 1.45. The number of imidazole rings is 1. The fourth-order valence-corrected chi connectivity index (χ4v) is 3.62. The van der Waals surface area contributed by atoms with Crippen molar-refractivity contribution in [1.29, 1.82) is 5.26 Å². The van der Waals surface area contributed by atoms with Gasteiger partial charge in [-0.15, -0.1) is 0 Å². The smallest absolute Gasteiger partial charge is 0.312 e. The summed E-state index contributed by atoms with van der Waals surface area (Å²) in [5, 5.41) is 22.5. The third kappa shape index (κ3) is 6.43. The Hall–Kier alpha value is -5.30. The largest absolute Gasteiger partial charge is 0.507 e. The Labute approximate surface area is 212 Å². The molecule has 0 aliphatic carbocycles. The molecular weight excluding hydrogens is 474 g/mol. The summed E-state index contributed by atoms with van der Waals surface area (Å²) < 4.78 is 11.0. The van der Waals surface area contributed by atoms with Gasteiger partial charge in [-0.1, -0.05) is 42.5 Å². The molecule has 4 aromatic rings. The van der Waals surface area contributed by atoms with E-state index in [9.17, 15) is 20.0 Å². The first-order valence-electron chi connectivity index (χ1n) is 11.2. The lowest BCUT2D eigenvalue weighted by Crippen LogP contribution is -2.34. The highest BCUT2D eigenvalue weighted by Gasteiger charge is 2.21. The predicted octanol–water partition coefficient (Wildman–Crippen LogP) is 4.49. The molecule has 3 aromatic carbocycles. The Morgan fingerprint density at radius 1 is 1.05 bits per heavy atom. The summed E-state index contributed by atoms with van der Waals surface area (Å²) in [4.78, 5) is 31.4. The molecule has 1 atom stereocenters. The number of ether oxygens (including phenoxy) is 2. The van der Waals surface area contributed by atoms with Gasteiger partial charge in [-0.3, -0.25) is 4.79 Å². The van der Waals surface area contributed by atoms with E-state index < -0.39 is 30.4 Å². The van der Waals surface area contributed by atoms with Crippen molar-refractivity contribution in [1.82, 2.24) is 15.3 Å². The minimum Gasteiger partial charge on any atom is -0.507 e. The molecule has 186 valence electrons. The second-order valence-corrected chi connectivity index (χ2v) is 7.95. The Morgan fingerprint density at radius 3 is 2.51 bits per heavy atom. The van der Waals surface area contributed by atoms with Crippen molar-refractivity contribution < 1.29 is 24.2 Å². The minimum atomic E-state index is -0.827. The van der Waals surface area contributed by atoms with Gasteiger partial charge in [0, 0.05) is 0 Å². The quantitative estimate of drug-likeness (QED) is 0.150. The number of fused-ring (bicyclic) bond motifs is 1. The van der Waals surface area contributed by atoms with Crippen LogP contribution in [0.25, 0.3) is 16.6 Å². The maximum absolute atomic E-state index is 12.6. The van der Waals surface area contributed by atoms with E-state index in [0.717, 1.165) is 0 Å². The molecule has 0 spiro atoms. The van der Waals surface area contributed by atoms with Gasteiger partial charge >= 0.3 is 12.0 Å². The van der Waals surface area contributed by atoms with Crippen molar-refractivity contribution >= 4 is 28.6 Å². The molecule has 0 aliphatic rings. The van der Waals surface area contributed by atoms with Gasteiger partial charge in [0.1, 0.15) is 29.7 Å². The number of aliphatic hydroxyl groups is 1. The summed E-state index contributed by atoms with van der Waals surface area (Å²) in [5.74, 6) is 0.0757. The number of H-pyrrole nitrogens is 1. The van der Waals surface area contributed by atoms with Crippen LogP contribution in [-0.2, 0) is 9.53 Å². The van der Waals surface area contributed by atoms with Gasteiger partial charge in [0.25, 0.3) is 0 Å². The molecule has 2 amide bonds. The number of aromatic amines is 1. The monoisotopic (exact) mass is 497 g/mol. The zero-order chi connectivity index (χ0) is 26.2. The molecule has 4 rings (SSSR count). The molecule has 0 aliphatic heterocycles. The second kappa shape index (κ2) is 11.4. The number of hydrogen-bond donors (Lipinski definition) is 4. The lowest BCUT2D eigenvalue weighted by molar-refractivity contribution is -0.143. The van der Waals surface area contributed by atoms with Gasteiger partial charge in [0.15, 0.2) is 11.6 Å². The topological polar surface area (TPSA) is 163 Å². The van der Waals surface area contributed by atoms with Crippen LogP contribution in [0.2, 0.25) is 0 Å². The van der Waals surface area contributed by atoms with Crippen LogP contribution in [0, 0.1) is 11.3 Å². The van der Waals surface area contributed by atoms with Crippen LogP contribution in [0.1, 0.15) is 23.9 Å². The molecule has 0 bridgehead atoms. The third-order valence-electron chi connectivity index (χ3n) is 5.32. The van der Waals surface area contributed by atoms with E-state index in [1.807, 2.05) is 30.3 Å². The number of nitrogens with zero attached hydrogens (tertiary/aromatic N) is 2. The summed E-state index contributed by atoms with van der Waals surface area (Å²) >= 11 is 0. The van der Waals surface area contributed by atoms with Gasteiger partial charge in [-0.05, 0) is 42.0 Å². The van der Waals surface area contributed by atoms with Crippen molar-refractivity contribution in [3.63, 3.8) is 0 Å². The maximum atomic E-state index is 12.6. The number of nitriles is 1. The van der Waals surface area contributed by atoms with Gasteiger partial charge in [-0.2, -0.15) is 5.26 Å². The Bertz CT molecular complexity index is 1460. The van der Waals surface area contributed by atoms with E-state index in [2.05, 4.69) is 15.3 Å². The zero-order valence-electron chi connectivity index (χ0n) is 19.5. The van der Waals surface area contributed by atoms with Gasteiger partial charge in [0.05, 0.1) is 23.5 Å². The standard InChI is InChI=1S/C27H23N5O5/c28-15-20(26-30-21-11-4-5-12-22(21)31-26)24(33)16-36-25(34)14-23(32-27(29)35)17-7-6-10-19(13-17)37-18-8-2-1-3-9-18/h1-13,23,33H,14,16H2,(H,30,31)(H3,29,32,35)/b24-20-. The van der Waals surface area contributed by atoms with Crippen LogP contribution in [0.15, 0.2) is 84.6 Å². The molecule has 0 saturated heterocycles. The van der Waals surface area contributed by atoms with Crippen LogP contribution in [-0.4, -0.2) is 33.7 Å². The number of urea groups is 1. The normalized spacial score (nSPS) is 12.2. The summed E-state index contributed by atoms with van der Waals surface area (Å²) in [7, 11) is 0. The fraction of sp³-hybridized carbons (Fsp3) is 0.111. The number of nitrogens with one attached hydrogen (secondary N) is 2. The first-order chi connectivity index (χ1) is 17.9. The SMILES string of the molecule is N#C/C(=C(/O)COC(=O)CC(NC(N)=O)c1cccc(Oc2ccccc2)c1)c1nc2ccccc2[nH]1. The van der Waals surface area contributed by atoms with Crippen molar-refractivity contribution in [2.45, 2.75) is 12.5 Å². The highest BCUT2D eigenvalue weighted by Crippen LogP contribution is 2.26. The van der Waals surface area contributed by atoms with Crippen molar-refractivity contribution in [2.24, 2.45) is 5.73 Å². The Morgan fingerprint density at radius 2 is 1.78 bits per heavy atom. The number of rotatable bonds is 9. The summed E-state index contributed by atoms with van der Waals surface area (Å²) in [6, 6.07) is 23.3. The molecule has 5 N–H and O–H groups in total. The molecular formula is C27H23N5O5. The maximum Gasteiger partial charge on any atom is 0.312 e. The van der Waals surface area contributed by atoms with Crippen molar-refractivity contribution in [2.75, 3.05) is 6.61 Å². The number of para-hydroxylation sites is 3. The van der Waals surface area contributed by atoms with E-state index in [1.165, 1.54) is 0 Å². The molecule has 37 heavy (non-hydrogen) atoms. The number of benzene rings is 3. The van der Waals surface area contributed by atoms with E-state index in [-0.39, 0.29) is 17.8 Å². The van der Waals surface area contributed by atoms with Crippen LogP contribution in [0.4, 0.5) is 4.79 Å². The molecule has 1 unspecified atom stereocenters. The molecule has 0 fully saturated rings. The minimum absolute atomic E-state index is 0.151. The number of primary amides is 1. The highest BCUT2D eigenvalue weighted by molar-refractivity contribution is 5.83. The van der Waals surface area contributed by atoms with Crippen LogP contribution >= 0.6 is 0 Å². The second-order valence-electron chi connectivity index (χ2n) is 7.95. The lowest BCUT2D eigenvalue weighted by Gasteiger charge is -2.18. The number of carbonyl (C=O) groups excluding carboxylic acids is 2. The molecule has 1 aromatic heterocycles. The summed E-state index contributed by atoms with van der Waals surface area (Å²) in [5.41, 5.74) is 7.03. The van der Waals surface area contributed by atoms with Crippen LogP contribution in [0.5, 0.6) is 11.5 Å². The number of allylic oxidation sites excluding steroid dienone is 1. The Kier molecular flexibility index (Phi) is 7.66. The lowest BCUT2D eigenvalue weighted by atomic mass is 10.0. The third-order valence-corrected chi connectivity index (χ3v) is 5.32. The molecule has 1 heterocycles. The van der Waals surface area contributed by atoms with E-state index >= 15 is 0 Å². The number of nitrogens with two attached hydrogens (primary N) is 1. The van der Waals surface area contributed by atoms with Crippen LogP contribution < -0.4 is 15.8 Å². The average Bonchev–Trinajstić information content (AvgIpc) is 3.32. The zero-order valence-corrected chi connectivity index (χ0v) is 19.5. The number of amides is 2. The highest BCUT2D eigenvalue weighted by atomic mass is 16.5. The first kappa shape index (κ1) is 24.8. The average molecular weight is 498 g/mol. The van der Waals surface area contributed by atoms with Gasteiger partial charge in [-0.25, -0.2) is 9.78 Å². The van der Waals surface area contributed by atoms with Crippen LogP contribution in [0.3, 0.4) is 0 Å². The molecule has 0 saturated carbocycles. The fourth-order valence-electron chi connectivity index (χ4n) is 3.62. The number of hydrogen-bond acceptors (Lipinski definition) is 7. The molecule has 10 nitrogen and oxygen atoms in total. The van der Waals surface area contributed by atoms with E-state index in [1.54, 1.807) is 54.6 Å².